The summed E-state index contributed by atoms with van der Waals surface area (Å²) in [5.41, 5.74) is 5.66. The van der Waals surface area contributed by atoms with Gasteiger partial charge in [-0.15, -0.1) is 5.10 Å². The molecule has 0 aromatic carbocycles. The standard InChI is InChI=1S/C10H17N5O/c11-6-8-2-1-3-9(8)13-10(16)7-15-5-4-12-14-15/h4-5,8-9H,1-3,6-7,11H2,(H,13,16). The van der Waals surface area contributed by atoms with E-state index in [-0.39, 0.29) is 18.5 Å². The molecule has 2 atom stereocenters. The number of carbonyl (C=O) groups excluding carboxylic acids is 1. The maximum Gasteiger partial charge on any atom is 0.242 e. The Hall–Kier alpha value is -1.43. The molecule has 1 aromatic heterocycles. The van der Waals surface area contributed by atoms with Crippen molar-refractivity contribution in [3.63, 3.8) is 0 Å². The smallest absolute Gasteiger partial charge is 0.242 e. The molecule has 1 amide bonds. The Bertz CT molecular complexity index is 337. The largest absolute Gasteiger partial charge is 0.351 e. The first-order chi connectivity index (χ1) is 7.79. The normalized spacial score (nSPS) is 24.6. The van der Waals surface area contributed by atoms with Crippen LogP contribution < -0.4 is 11.1 Å². The molecule has 2 rings (SSSR count). The molecule has 1 aliphatic carbocycles. The van der Waals surface area contributed by atoms with Crippen molar-refractivity contribution in [1.82, 2.24) is 20.3 Å². The summed E-state index contributed by atoms with van der Waals surface area (Å²) in [6, 6.07) is 0.237. The highest BCUT2D eigenvalue weighted by molar-refractivity contribution is 5.76. The van der Waals surface area contributed by atoms with Gasteiger partial charge in [0.15, 0.2) is 0 Å². The zero-order valence-electron chi connectivity index (χ0n) is 9.17. The van der Waals surface area contributed by atoms with E-state index in [2.05, 4.69) is 15.6 Å². The summed E-state index contributed by atoms with van der Waals surface area (Å²) in [7, 11) is 0. The van der Waals surface area contributed by atoms with Crippen LogP contribution in [-0.2, 0) is 11.3 Å². The lowest BCUT2D eigenvalue weighted by molar-refractivity contribution is -0.122. The predicted octanol–water partition coefficient (Wildman–Crippen LogP) is -0.478. The monoisotopic (exact) mass is 223 g/mol. The lowest BCUT2D eigenvalue weighted by Crippen LogP contribution is -2.41. The minimum absolute atomic E-state index is 0.0177. The fourth-order valence-corrected chi connectivity index (χ4v) is 2.23. The molecule has 3 N–H and O–H groups in total. The third-order valence-corrected chi connectivity index (χ3v) is 3.09. The molecular formula is C10H17N5O. The molecule has 6 nitrogen and oxygen atoms in total. The third kappa shape index (κ3) is 2.57. The highest BCUT2D eigenvalue weighted by Gasteiger charge is 2.27. The van der Waals surface area contributed by atoms with Crippen LogP contribution in [-0.4, -0.2) is 33.5 Å². The summed E-state index contributed by atoms with van der Waals surface area (Å²) < 4.78 is 1.52. The summed E-state index contributed by atoms with van der Waals surface area (Å²) in [4.78, 5) is 11.7. The first-order valence-electron chi connectivity index (χ1n) is 5.63. The van der Waals surface area contributed by atoms with Gasteiger partial charge in [-0.3, -0.25) is 4.79 Å². The zero-order valence-corrected chi connectivity index (χ0v) is 9.17. The molecule has 1 fully saturated rings. The minimum atomic E-state index is -0.0177. The number of hydrogen-bond donors (Lipinski definition) is 2. The molecule has 0 saturated heterocycles. The summed E-state index contributed by atoms with van der Waals surface area (Å²) in [5.74, 6) is 0.413. The molecule has 16 heavy (non-hydrogen) atoms. The second-order valence-electron chi connectivity index (χ2n) is 4.20. The van der Waals surface area contributed by atoms with Gasteiger partial charge in [0.25, 0.3) is 0 Å². The Kier molecular flexibility index (Phi) is 3.51. The summed E-state index contributed by atoms with van der Waals surface area (Å²) >= 11 is 0. The molecule has 1 aromatic rings. The van der Waals surface area contributed by atoms with Gasteiger partial charge in [-0.2, -0.15) is 0 Å². The molecule has 88 valence electrons. The molecule has 0 aliphatic heterocycles. The van der Waals surface area contributed by atoms with Crippen molar-refractivity contribution >= 4 is 5.91 Å². The first kappa shape index (κ1) is 11.1. The number of hydrogen-bond acceptors (Lipinski definition) is 4. The number of rotatable bonds is 4. The van der Waals surface area contributed by atoms with Crippen molar-refractivity contribution in [2.45, 2.75) is 31.8 Å². The van der Waals surface area contributed by atoms with E-state index in [1.54, 1.807) is 12.4 Å². The van der Waals surface area contributed by atoms with Crippen molar-refractivity contribution < 1.29 is 4.79 Å². The van der Waals surface area contributed by atoms with E-state index in [4.69, 9.17) is 5.73 Å². The highest BCUT2D eigenvalue weighted by Crippen LogP contribution is 2.24. The van der Waals surface area contributed by atoms with Crippen LogP contribution >= 0.6 is 0 Å². The first-order valence-corrected chi connectivity index (χ1v) is 5.63. The number of nitrogens with one attached hydrogen (secondary N) is 1. The molecule has 2 unspecified atom stereocenters. The average Bonchev–Trinajstić information content (AvgIpc) is 2.88. The van der Waals surface area contributed by atoms with Gasteiger partial charge < -0.3 is 11.1 Å². The van der Waals surface area contributed by atoms with E-state index in [1.807, 2.05) is 0 Å². The predicted molar refractivity (Wildman–Crippen MR) is 58.3 cm³/mol. The van der Waals surface area contributed by atoms with Crippen LogP contribution in [0.15, 0.2) is 12.4 Å². The van der Waals surface area contributed by atoms with E-state index in [0.29, 0.717) is 12.5 Å². The molecule has 1 saturated carbocycles. The van der Waals surface area contributed by atoms with Crippen molar-refractivity contribution in [3.8, 4) is 0 Å². The Labute approximate surface area is 94.2 Å². The van der Waals surface area contributed by atoms with E-state index in [9.17, 15) is 4.79 Å². The fraction of sp³-hybridized carbons (Fsp3) is 0.700. The van der Waals surface area contributed by atoms with Gasteiger partial charge in [0.2, 0.25) is 5.91 Å². The minimum Gasteiger partial charge on any atom is -0.351 e. The molecule has 1 aliphatic rings. The topological polar surface area (TPSA) is 85.8 Å². The highest BCUT2D eigenvalue weighted by atomic mass is 16.2. The van der Waals surface area contributed by atoms with Crippen LogP contribution in [0.1, 0.15) is 19.3 Å². The van der Waals surface area contributed by atoms with Crippen molar-refractivity contribution in [2.75, 3.05) is 6.54 Å². The Morgan fingerprint density at radius 3 is 3.12 bits per heavy atom. The Morgan fingerprint density at radius 2 is 2.44 bits per heavy atom. The number of carbonyl (C=O) groups is 1. The van der Waals surface area contributed by atoms with Crippen LogP contribution in [0.5, 0.6) is 0 Å². The van der Waals surface area contributed by atoms with Gasteiger partial charge in [0.05, 0.1) is 6.20 Å². The van der Waals surface area contributed by atoms with E-state index in [0.717, 1.165) is 19.3 Å². The quantitative estimate of drug-likeness (QED) is 0.722. The lowest BCUT2D eigenvalue weighted by atomic mass is 10.0. The molecule has 0 bridgehead atoms. The third-order valence-electron chi connectivity index (χ3n) is 3.09. The van der Waals surface area contributed by atoms with Crippen molar-refractivity contribution in [1.29, 1.82) is 0 Å². The number of amides is 1. The number of nitrogens with zero attached hydrogens (tertiary/aromatic N) is 3. The van der Waals surface area contributed by atoms with Gasteiger partial charge in [-0.1, -0.05) is 11.6 Å². The van der Waals surface area contributed by atoms with Crippen LogP contribution in [0.25, 0.3) is 0 Å². The second kappa shape index (κ2) is 5.07. The van der Waals surface area contributed by atoms with Crippen LogP contribution in [0, 0.1) is 5.92 Å². The maximum atomic E-state index is 11.7. The lowest BCUT2D eigenvalue weighted by Gasteiger charge is -2.19. The zero-order chi connectivity index (χ0) is 11.4. The van der Waals surface area contributed by atoms with Crippen molar-refractivity contribution in [2.24, 2.45) is 11.7 Å². The van der Waals surface area contributed by atoms with Gasteiger partial charge >= 0.3 is 0 Å². The molecule has 1 heterocycles. The van der Waals surface area contributed by atoms with Gasteiger partial charge in [-0.25, -0.2) is 4.68 Å². The maximum absolute atomic E-state index is 11.7. The molecule has 0 radical (unpaired) electrons. The SMILES string of the molecule is NCC1CCCC1NC(=O)Cn1ccnn1. The summed E-state index contributed by atoms with van der Waals surface area (Å²) in [6.07, 6.45) is 6.53. The Balaban J connectivity index is 1.83. The van der Waals surface area contributed by atoms with Crippen molar-refractivity contribution in [3.05, 3.63) is 12.4 Å². The van der Waals surface area contributed by atoms with Gasteiger partial charge in [0.1, 0.15) is 6.54 Å². The second-order valence-corrected chi connectivity index (χ2v) is 4.20. The van der Waals surface area contributed by atoms with Crippen LogP contribution in [0.2, 0.25) is 0 Å². The summed E-state index contributed by atoms with van der Waals surface area (Å²) in [6.45, 7) is 0.877. The molecular weight excluding hydrogens is 206 g/mol. The van der Waals surface area contributed by atoms with E-state index < -0.39 is 0 Å². The summed E-state index contributed by atoms with van der Waals surface area (Å²) in [5, 5.41) is 10.4. The van der Waals surface area contributed by atoms with Crippen LogP contribution in [0.3, 0.4) is 0 Å². The van der Waals surface area contributed by atoms with E-state index >= 15 is 0 Å². The van der Waals surface area contributed by atoms with Crippen LogP contribution in [0.4, 0.5) is 0 Å². The number of aromatic nitrogens is 3. The van der Waals surface area contributed by atoms with E-state index in [1.165, 1.54) is 4.68 Å². The molecule has 6 heteroatoms. The average molecular weight is 223 g/mol. The Morgan fingerprint density at radius 1 is 1.56 bits per heavy atom. The molecule has 0 spiro atoms. The van der Waals surface area contributed by atoms with Gasteiger partial charge in [-0.05, 0) is 25.3 Å². The number of nitrogens with two attached hydrogens (primary N) is 1. The van der Waals surface area contributed by atoms with Gasteiger partial charge in [0, 0.05) is 12.2 Å². The fourth-order valence-electron chi connectivity index (χ4n) is 2.23.